The first kappa shape index (κ1) is 12.3. The zero-order chi connectivity index (χ0) is 11.4. The fraction of sp³-hybridized carbons (Fsp3) is 1.00. The monoisotopic (exact) mass is 225 g/mol. The maximum atomic E-state index is 5.59. The Labute approximate surface area is 100.0 Å². The van der Waals surface area contributed by atoms with Crippen LogP contribution in [0.1, 0.15) is 26.2 Å². The van der Waals surface area contributed by atoms with Crippen molar-refractivity contribution < 1.29 is 0 Å². The summed E-state index contributed by atoms with van der Waals surface area (Å²) in [5.41, 5.74) is 5.59. The van der Waals surface area contributed by atoms with Gasteiger partial charge in [-0.1, -0.05) is 6.92 Å². The zero-order valence-electron chi connectivity index (χ0n) is 10.7. The number of hydrogen-bond donors (Lipinski definition) is 1. The van der Waals surface area contributed by atoms with Crippen molar-refractivity contribution in [2.75, 3.05) is 45.8 Å². The van der Waals surface area contributed by atoms with Crippen molar-refractivity contribution in [3.8, 4) is 0 Å². The highest BCUT2D eigenvalue weighted by Gasteiger charge is 2.26. The van der Waals surface area contributed by atoms with Crippen LogP contribution >= 0.6 is 0 Å². The summed E-state index contributed by atoms with van der Waals surface area (Å²) < 4.78 is 0. The Hall–Kier alpha value is -0.120. The molecule has 0 aromatic heterocycles. The molecule has 1 saturated heterocycles. The SMILES string of the molecule is CC(CCN)CN1CCN(CC2CC2)CC1. The Morgan fingerprint density at radius 3 is 2.31 bits per heavy atom. The minimum Gasteiger partial charge on any atom is -0.330 e. The molecule has 2 rings (SSSR count). The van der Waals surface area contributed by atoms with E-state index in [2.05, 4.69) is 16.7 Å². The van der Waals surface area contributed by atoms with E-state index in [9.17, 15) is 0 Å². The highest BCUT2D eigenvalue weighted by Crippen LogP contribution is 2.29. The maximum Gasteiger partial charge on any atom is 0.0110 e. The highest BCUT2D eigenvalue weighted by atomic mass is 15.3. The van der Waals surface area contributed by atoms with Crippen LogP contribution in [0, 0.1) is 11.8 Å². The zero-order valence-corrected chi connectivity index (χ0v) is 10.7. The fourth-order valence-corrected chi connectivity index (χ4v) is 2.64. The van der Waals surface area contributed by atoms with Gasteiger partial charge in [-0.2, -0.15) is 0 Å². The molecule has 3 heteroatoms. The molecule has 1 unspecified atom stereocenters. The van der Waals surface area contributed by atoms with Gasteiger partial charge in [0.15, 0.2) is 0 Å². The summed E-state index contributed by atoms with van der Waals surface area (Å²) in [6, 6.07) is 0. The van der Waals surface area contributed by atoms with Crippen molar-refractivity contribution in [2.24, 2.45) is 17.6 Å². The lowest BCUT2D eigenvalue weighted by molar-refractivity contribution is 0.115. The van der Waals surface area contributed by atoms with Crippen molar-refractivity contribution in [1.82, 2.24) is 9.80 Å². The third kappa shape index (κ3) is 4.04. The molecule has 0 aromatic rings. The lowest BCUT2D eigenvalue weighted by atomic mass is 10.1. The van der Waals surface area contributed by atoms with E-state index in [0.29, 0.717) is 0 Å². The number of piperazine rings is 1. The summed E-state index contributed by atoms with van der Waals surface area (Å²) in [6.45, 7) is 10.9. The van der Waals surface area contributed by atoms with Gasteiger partial charge in [-0.15, -0.1) is 0 Å². The number of nitrogens with zero attached hydrogens (tertiary/aromatic N) is 2. The normalized spacial score (nSPS) is 25.9. The van der Waals surface area contributed by atoms with Crippen molar-refractivity contribution in [2.45, 2.75) is 26.2 Å². The van der Waals surface area contributed by atoms with E-state index in [1.807, 2.05) is 0 Å². The van der Waals surface area contributed by atoms with Gasteiger partial charge in [-0.05, 0) is 37.6 Å². The molecule has 3 nitrogen and oxygen atoms in total. The molecule has 0 spiro atoms. The van der Waals surface area contributed by atoms with E-state index >= 15 is 0 Å². The Morgan fingerprint density at radius 2 is 1.75 bits per heavy atom. The van der Waals surface area contributed by atoms with Gasteiger partial charge in [0, 0.05) is 39.3 Å². The summed E-state index contributed by atoms with van der Waals surface area (Å²) in [5.74, 6) is 1.81. The molecule has 16 heavy (non-hydrogen) atoms. The Balaban J connectivity index is 1.60. The molecule has 0 bridgehead atoms. The van der Waals surface area contributed by atoms with Crippen LogP contribution < -0.4 is 5.73 Å². The van der Waals surface area contributed by atoms with E-state index in [1.165, 1.54) is 58.5 Å². The average Bonchev–Trinajstić information content (AvgIpc) is 3.05. The topological polar surface area (TPSA) is 32.5 Å². The second-order valence-electron chi connectivity index (χ2n) is 5.73. The van der Waals surface area contributed by atoms with E-state index in [4.69, 9.17) is 5.73 Å². The first-order valence-electron chi connectivity index (χ1n) is 6.92. The van der Waals surface area contributed by atoms with Gasteiger partial charge in [0.25, 0.3) is 0 Å². The van der Waals surface area contributed by atoms with Gasteiger partial charge in [-0.3, -0.25) is 0 Å². The largest absolute Gasteiger partial charge is 0.330 e. The van der Waals surface area contributed by atoms with E-state index in [-0.39, 0.29) is 0 Å². The maximum absolute atomic E-state index is 5.59. The number of rotatable bonds is 6. The predicted octanol–water partition coefficient (Wildman–Crippen LogP) is 0.999. The molecule has 1 aliphatic carbocycles. The van der Waals surface area contributed by atoms with Crippen LogP contribution in [0.15, 0.2) is 0 Å². The first-order valence-corrected chi connectivity index (χ1v) is 6.92. The molecule has 1 saturated carbocycles. The van der Waals surface area contributed by atoms with Gasteiger partial charge in [-0.25, -0.2) is 0 Å². The Kier molecular flexibility index (Phi) is 4.62. The molecule has 0 aromatic carbocycles. The lowest BCUT2D eigenvalue weighted by Gasteiger charge is -2.36. The van der Waals surface area contributed by atoms with Crippen molar-refractivity contribution in [3.63, 3.8) is 0 Å². The van der Waals surface area contributed by atoms with Crippen molar-refractivity contribution in [1.29, 1.82) is 0 Å². The van der Waals surface area contributed by atoms with Gasteiger partial charge < -0.3 is 15.5 Å². The third-order valence-electron chi connectivity index (χ3n) is 3.91. The molecule has 2 aliphatic rings. The van der Waals surface area contributed by atoms with Gasteiger partial charge in [0.1, 0.15) is 0 Å². The van der Waals surface area contributed by atoms with Crippen LogP contribution in [-0.2, 0) is 0 Å². The summed E-state index contributed by atoms with van der Waals surface area (Å²) in [4.78, 5) is 5.27. The van der Waals surface area contributed by atoms with E-state index < -0.39 is 0 Å². The molecule has 1 heterocycles. The Morgan fingerprint density at radius 1 is 1.12 bits per heavy atom. The summed E-state index contributed by atoms with van der Waals surface area (Å²) in [7, 11) is 0. The minimum absolute atomic E-state index is 0.764. The second-order valence-corrected chi connectivity index (χ2v) is 5.73. The lowest BCUT2D eigenvalue weighted by Crippen LogP contribution is -2.48. The van der Waals surface area contributed by atoms with Gasteiger partial charge in [0.05, 0.1) is 0 Å². The quantitative estimate of drug-likeness (QED) is 0.732. The molecular weight excluding hydrogens is 198 g/mol. The standard InChI is InChI=1S/C13H27N3/c1-12(4-5-14)10-15-6-8-16(9-7-15)11-13-2-3-13/h12-13H,2-11,14H2,1H3. The molecule has 2 fully saturated rings. The third-order valence-corrected chi connectivity index (χ3v) is 3.91. The molecule has 0 radical (unpaired) electrons. The van der Waals surface area contributed by atoms with Crippen LogP contribution in [0.2, 0.25) is 0 Å². The van der Waals surface area contributed by atoms with Crippen LogP contribution in [0.3, 0.4) is 0 Å². The molecule has 2 N–H and O–H groups in total. The first-order chi connectivity index (χ1) is 7.78. The number of hydrogen-bond acceptors (Lipinski definition) is 3. The van der Waals surface area contributed by atoms with Gasteiger partial charge >= 0.3 is 0 Å². The molecule has 1 atom stereocenters. The van der Waals surface area contributed by atoms with Crippen molar-refractivity contribution in [3.05, 3.63) is 0 Å². The van der Waals surface area contributed by atoms with Crippen LogP contribution in [-0.4, -0.2) is 55.6 Å². The fourth-order valence-electron chi connectivity index (χ4n) is 2.64. The number of nitrogens with two attached hydrogens (primary N) is 1. The van der Waals surface area contributed by atoms with E-state index in [1.54, 1.807) is 0 Å². The summed E-state index contributed by atoms with van der Waals surface area (Å²) in [6.07, 6.45) is 4.13. The smallest absolute Gasteiger partial charge is 0.0110 e. The van der Waals surface area contributed by atoms with Crippen molar-refractivity contribution >= 4 is 0 Å². The second kappa shape index (κ2) is 5.99. The van der Waals surface area contributed by atoms with Crippen LogP contribution in [0.25, 0.3) is 0 Å². The minimum atomic E-state index is 0.764. The molecule has 94 valence electrons. The molecule has 1 aliphatic heterocycles. The molecular formula is C13H27N3. The predicted molar refractivity (Wildman–Crippen MR) is 68.4 cm³/mol. The van der Waals surface area contributed by atoms with Crippen LogP contribution in [0.4, 0.5) is 0 Å². The van der Waals surface area contributed by atoms with E-state index in [0.717, 1.165) is 18.4 Å². The van der Waals surface area contributed by atoms with Crippen LogP contribution in [0.5, 0.6) is 0 Å². The van der Waals surface area contributed by atoms with Gasteiger partial charge in [0.2, 0.25) is 0 Å². The summed E-state index contributed by atoms with van der Waals surface area (Å²) >= 11 is 0. The summed E-state index contributed by atoms with van der Waals surface area (Å²) in [5, 5.41) is 0. The average molecular weight is 225 g/mol. The molecule has 0 amide bonds. The Bertz CT molecular complexity index is 195. The highest BCUT2D eigenvalue weighted by molar-refractivity contribution is 4.80.